The number of carbonyl (C=O) groups is 1. The number of hydrogen-bond donors (Lipinski definition) is 0. The third kappa shape index (κ3) is 2.66. The summed E-state index contributed by atoms with van der Waals surface area (Å²) in [6.45, 7) is 1.68. The molecule has 0 unspecified atom stereocenters. The van der Waals surface area contributed by atoms with E-state index < -0.39 is 0 Å². The minimum absolute atomic E-state index is 0.141. The predicted molar refractivity (Wildman–Crippen MR) is 70.5 cm³/mol. The van der Waals surface area contributed by atoms with Gasteiger partial charge in [-0.25, -0.2) is 0 Å². The molecule has 19 heavy (non-hydrogen) atoms. The Morgan fingerprint density at radius 3 is 3.05 bits per heavy atom. The summed E-state index contributed by atoms with van der Waals surface area (Å²) in [5.41, 5.74) is 1.15. The van der Waals surface area contributed by atoms with E-state index in [1.54, 1.807) is 4.68 Å². The number of ether oxygens (including phenoxy) is 1. The van der Waals surface area contributed by atoms with Crippen LogP contribution in [0.3, 0.4) is 0 Å². The van der Waals surface area contributed by atoms with Crippen molar-refractivity contribution in [2.45, 2.75) is 44.2 Å². The molecule has 2 saturated heterocycles. The Kier molecular flexibility index (Phi) is 3.55. The molecule has 5 heteroatoms. The van der Waals surface area contributed by atoms with Crippen LogP contribution in [0.2, 0.25) is 0 Å². The van der Waals surface area contributed by atoms with Crippen LogP contribution in [0.4, 0.5) is 0 Å². The molecular formula is C14H21N3O2. The van der Waals surface area contributed by atoms with Crippen LogP contribution in [0.1, 0.15) is 43.7 Å². The Hall–Kier alpha value is -1.36. The third-order valence-corrected chi connectivity index (χ3v) is 4.11. The summed E-state index contributed by atoms with van der Waals surface area (Å²) in [6, 6.07) is 0.211. The number of rotatable bonds is 3. The Morgan fingerprint density at radius 1 is 1.47 bits per heavy atom. The Labute approximate surface area is 113 Å². The first-order chi connectivity index (χ1) is 9.24. The van der Waals surface area contributed by atoms with Crippen LogP contribution >= 0.6 is 0 Å². The predicted octanol–water partition coefficient (Wildman–Crippen LogP) is 1.65. The summed E-state index contributed by atoms with van der Waals surface area (Å²) in [6.07, 6.45) is 8.81. The monoisotopic (exact) mass is 263 g/mol. The van der Waals surface area contributed by atoms with Gasteiger partial charge in [-0.3, -0.25) is 9.48 Å². The molecule has 0 spiro atoms. The van der Waals surface area contributed by atoms with Crippen LogP contribution < -0.4 is 0 Å². The van der Waals surface area contributed by atoms with Gasteiger partial charge in [0, 0.05) is 32.0 Å². The average Bonchev–Trinajstić information content (AvgIpc) is 3.07. The first-order valence-corrected chi connectivity index (χ1v) is 7.13. The van der Waals surface area contributed by atoms with Crippen LogP contribution in [0.15, 0.2) is 12.4 Å². The molecule has 0 aliphatic carbocycles. The fraction of sp³-hybridized carbons (Fsp3) is 0.714. The second-order valence-electron chi connectivity index (χ2n) is 5.53. The smallest absolute Gasteiger partial charge is 0.225 e. The van der Waals surface area contributed by atoms with E-state index in [-0.39, 0.29) is 18.1 Å². The minimum Gasteiger partial charge on any atom is -0.378 e. The van der Waals surface area contributed by atoms with Crippen molar-refractivity contribution in [2.24, 2.45) is 7.05 Å². The number of likely N-dealkylation sites (tertiary alicyclic amines) is 1. The molecule has 3 rings (SSSR count). The fourth-order valence-corrected chi connectivity index (χ4v) is 3.14. The summed E-state index contributed by atoms with van der Waals surface area (Å²) in [5, 5.41) is 4.21. The Morgan fingerprint density at radius 2 is 2.37 bits per heavy atom. The number of aromatic nitrogens is 2. The largest absolute Gasteiger partial charge is 0.378 e. The van der Waals surface area contributed by atoms with Gasteiger partial charge in [0.25, 0.3) is 0 Å². The molecule has 2 aliphatic rings. The summed E-state index contributed by atoms with van der Waals surface area (Å²) >= 11 is 0. The third-order valence-electron chi connectivity index (χ3n) is 4.11. The molecule has 0 bridgehead atoms. The van der Waals surface area contributed by atoms with E-state index >= 15 is 0 Å². The molecule has 0 N–H and O–H groups in total. The van der Waals surface area contributed by atoms with Gasteiger partial charge >= 0.3 is 0 Å². The molecule has 0 radical (unpaired) electrons. The number of aryl methyl sites for hydroxylation is 1. The number of nitrogens with zero attached hydrogens (tertiary/aromatic N) is 3. The standard InChI is InChI=1S/C14H21N3O2/c1-16-10-11(9-15-16)13-5-2-6-17(13)14(18)8-12-4-3-7-19-12/h9-10,12-13H,2-8H2,1H3/t12-,13+/m0/s1. The van der Waals surface area contributed by atoms with Crippen LogP contribution in [-0.2, 0) is 16.6 Å². The molecule has 2 atom stereocenters. The van der Waals surface area contributed by atoms with Crippen molar-refractivity contribution >= 4 is 5.91 Å². The average molecular weight is 263 g/mol. The zero-order valence-electron chi connectivity index (χ0n) is 11.4. The first-order valence-electron chi connectivity index (χ1n) is 7.13. The van der Waals surface area contributed by atoms with Crippen molar-refractivity contribution in [3.63, 3.8) is 0 Å². The van der Waals surface area contributed by atoms with Crippen molar-refractivity contribution in [3.8, 4) is 0 Å². The van der Waals surface area contributed by atoms with Gasteiger partial charge in [-0.15, -0.1) is 0 Å². The van der Waals surface area contributed by atoms with Crippen LogP contribution in [-0.4, -0.2) is 39.8 Å². The number of amides is 1. The van der Waals surface area contributed by atoms with Crippen LogP contribution in [0.25, 0.3) is 0 Å². The van der Waals surface area contributed by atoms with Crippen molar-refractivity contribution in [1.82, 2.24) is 14.7 Å². The van der Waals surface area contributed by atoms with Gasteiger partial charge in [0.15, 0.2) is 0 Å². The molecule has 1 aromatic rings. The highest BCUT2D eigenvalue weighted by Gasteiger charge is 2.32. The summed E-state index contributed by atoms with van der Waals surface area (Å²) in [5.74, 6) is 0.234. The molecule has 1 aromatic heterocycles. The maximum atomic E-state index is 12.4. The lowest BCUT2D eigenvalue weighted by Gasteiger charge is -2.25. The van der Waals surface area contributed by atoms with Crippen LogP contribution in [0, 0.1) is 0 Å². The van der Waals surface area contributed by atoms with E-state index in [1.165, 1.54) is 0 Å². The zero-order valence-corrected chi connectivity index (χ0v) is 11.4. The van der Waals surface area contributed by atoms with Gasteiger partial charge in [0.2, 0.25) is 5.91 Å². The lowest BCUT2D eigenvalue weighted by molar-refractivity contribution is -0.134. The van der Waals surface area contributed by atoms with E-state index in [9.17, 15) is 4.79 Å². The lowest BCUT2D eigenvalue weighted by Crippen LogP contribution is -2.32. The quantitative estimate of drug-likeness (QED) is 0.833. The number of hydrogen-bond acceptors (Lipinski definition) is 3. The zero-order chi connectivity index (χ0) is 13.2. The molecule has 3 heterocycles. The van der Waals surface area contributed by atoms with E-state index in [0.29, 0.717) is 6.42 Å². The molecule has 1 amide bonds. The summed E-state index contributed by atoms with van der Waals surface area (Å²) in [4.78, 5) is 14.4. The molecule has 0 aromatic carbocycles. The van der Waals surface area contributed by atoms with Crippen LogP contribution in [0.5, 0.6) is 0 Å². The van der Waals surface area contributed by atoms with E-state index in [2.05, 4.69) is 5.10 Å². The van der Waals surface area contributed by atoms with Gasteiger partial charge in [0.05, 0.1) is 24.8 Å². The van der Waals surface area contributed by atoms with Gasteiger partial charge in [-0.1, -0.05) is 0 Å². The van der Waals surface area contributed by atoms with Crippen molar-refractivity contribution in [2.75, 3.05) is 13.2 Å². The molecule has 2 aliphatic heterocycles. The van der Waals surface area contributed by atoms with Crippen molar-refractivity contribution < 1.29 is 9.53 Å². The van der Waals surface area contributed by atoms with Gasteiger partial charge in [0.1, 0.15) is 0 Å². The lowest BCUT2D eigenvalue weighted by atomic mass is 10.1. The molecule has 104 valence electrons. The normalized spacial score (nSPS) is 27.1. The highest BCUT2D eigenvalue weighted by Crippen LogP contribution is 2.32. The number of carbonyl (C=O) groups excluding carboxylic acids is 1. The van der Waals surface area contributed by atoms with E-state index in [0.717, 1.165) is 44.4 Å². The maximum absolute atomic E-state index is 12.4. The van der Waals surface area contributed by atoms with Gasteiger partial charge in [-0.2, -0.15) is 5.10 Å². The Balaban J connectivity index is 1.66. The topological polar surface area (TPSA) is 47.4 Å². The van der Waals surface area contributed by atoms with Gasteiger partial charge < -0.3 is 9.64 Å². The first kappa shape index (κ1) is 12.7. The molecule has 0 saturated carbocycles. The van der Waals surface area contributed by atoms with E-state index in [1.807, 2.05) is 24.3 Å². The summed E-state index contributed by atoms with van der Waals surface area (Å²) in [7, 11) is 1.91. The highest BCUT2D eigenvalue weighted by atomic mass is 16.5. The second-order valence-corrected chi connectivity index (χ2v) is 5.53. The van der Waals surface area contributed by atoms with Gasteiger partial charge in [-0.05, 0) is 25.7 Å². The van der Waals surface area contributed by atoms with Crippen molar-refractivity contribution in [1.29, 1.82) is 0 Å². The molecule has 2 fully saturated rings. The SMILES string of the molecule is Cn1cc([C@H]2CCCN2C(=O)C[C@@H]2CCCO2)cn1. The maximum Gasteiger partial charge on any atom is 0.225 e. The summed E-state index contributed by atoms with van der Waals surface area (Å²) < 4.78 is 7.37. The second kappa shape index (κ2) is 5.33. The Bertz CT molecular complexity index is 451. The van der Waals surface area contributed by atoms with Crippen molar-refractivity contribution in [3.05, 3.63) is 18.0 Å². The van der Waals surface area contributed by atoms with E-state index in [4.69, 9.17) is 4.74 Å². The minimum atomic E-state index is 0.141. The molecular weight excluding hydrogens is 242 g/mol. The highest BCUT2D eigenvalue weighted by molar-refractivity contribution is 5.77. The molecule has 5 nitrogen and oxygen atoms in total. The fourth-order valence-electron chi connectivity index (χ4n) is 3.14.